The Bertz CT molecular complexity index is 877. The second-order valence-electron chi connectivity index (χ2n) is 5.60. The van der Waals surface area contributed by atoms with E-state index in [2.05, 4.69) is 26.8 Å². The molecule has 1 fully saturated rings. The van der Waals surface area contributed by atoms with Crippen LogP contribution in [-0.4, -0.2) is 43.6 Å². The highest BCUT2D eigenvalue weighted by molar-refractivity contribution is 8.18. The maximum Gasteiger partial charge on any atom is 0.331 e. The molecule has 0 atom stereocenters. The molecule has 0 spiro atoms. The predicted molar refractivity (Wildman–Crippen MR) is 114 cm³/mol. The van der Waals surface area contributed by atoms with Crippen LogP contribution in [0.4, 0.5) is 0 Å². The summed E-state index contributed by atoms with van der Waals surface area (Å²) in [4.78, 5) is 23.3. The molecule has 0 bridgehead atoms. The van der Waals surface area contributed by atoms with Crippen molar-refractivity contribution in [3.63, 3.8) is 0 Å². The van der Waals surface area contributed by atoms with Crippen LogP contribution >= 0.6 is 11.8 Å². The van der Waals surface area contributed by atoms with Crippen molar-refractivity contribution in [3.8, 4) is 11.5 Å². The van der Waals surface area contributed by atoms with Crippen molar-refractivity contribution in [1.29, 1.82) is 0 Å². The molecule has 0 saturated carbocycles. The summed E-state index contributed by atoms with van der Waals surface area (Å²) >= 11 is 1.01. The van der Waals surface area contributed by atoms with Crippen molar-refractivity contribution >= 4 is 35.0 Å². The Kier molecular flexibility index (Phi) is 8.47. The fourth-order valence-electron chi connectivity index (χ4n) is 2.43. The molecule has 1 saturated heterocycles. The van der Waals surface area contributed by atoms with Crippen molar-refractivity contribution in [2.75, 3.05) is 20.3 Å². The summed E-state index contributed by atoms with van der Waals surface area (Å²) in [5, 5.41) is 10.8. The first-order valence-corrected chi connectivity index (χ1v) is 9.77. The first-order chi connectivity index (χ1) is 14.0. The molecule has 0 aromatic heterocycles. The van der Waals surface area contributed by atoms with E-state index in [4.69, 9.17) is 9.47 Å². The smallest absolute Gasteiger partial charge is 0.331 e. The predicted octanol–water partition coefficient (Wildman–Crippen LogP) is 2.82. The van der Waals surface area contributed by atoms with Crippen molar-refractivity contribution < 1.29 is 23.8 Å². The molecule has 0 radical (unpaired) electrons. The summed E-state index contributed by atoms with van der Waals surface area (Å²) in [5.74, 6) is 0.269. The highest BCUT2D eigenvalue weighted by Crippen LogP contribution is 2.33. The zero-order chi connectivity index (χ0) is 21.2. The van der Waals surface area contributed by atoms with Crippen molar-refractivity contribution in [3.05, 3.63) is 46.9 Å². The lowest BCUT2D eigenvalue weighted by molar-refractivity contribution is -0.135. The molecular weight excluding hydrogens is 394 g/mol. The van der Waals surface area contributed by atoms with Crippen LogP contribution in [0.1, 0.15) is 25.0 Å². The Balaban J connectivity index is 2.24. The Morgan fingerprint density at radius 2 is 2.03 bits per heavy atom. The summed E-state index contributed by atoms with van der Waals surface area (Å²) < 4.78 is 16.0. The largest absolute Gasteiger partial charge is 0.490 e. The maximum absolute atomic E-state index is 11.8. The second kappa shape index (κ2) is 11.1. The van der Waals surface area contributed by atoms with E-state index < -0.39 is 11.9 Å². The van der Waals surface area contributed by atoms with Gasteiger partial charge >= 0.3 is 5.97 Å². The summed E-state index contributed by atoms with van der Waals surface area (Å²) in [5.41, 5.74) is 1.69. The molecule has 1 N–H and O–H groups in total. The van der Waals surface area contributed by atoms with E-state index in [0.29, 0.717) is 31.1 Å². The van der Waals surface area contributed by atoms with Gasteiger partial charge in [0.1, 0.15) is 0 Å². The van der Waals surface area contributed by atoms with Gasteiger partial charge < -0.3 is 14.2 Å². The number of hydrogen-bond acceptors (Lipinski definition) is 8. The molecule has 154 valence electrons. The number of carbonyl (C=O) groups excluding carboxylic acids is 2. The zero-order valence-electron chi connectivity index (χ0n) is 16.6. The van der Waals surface area contributed by atoms with Gasteiger partial charge in [-0.3, -0.25) is 10.1 Å². The van der Waals surface area contributed by atoms with Crippen LogP contribution in [0.15, 0.2) is 46.0 Å². The van der Waals surface area contributed by atoms with E-state index in [1.807, 2.05) is 26.0 Å². The molecule has 1 aromatic rings. The zero-order valence-corrected chi connectivity index (χ0v) is 17.4. The molecule has 0 unspecified atom stereocenters. The minimum atomic E-state index is -0.611. The maximum atomic E-state index is 11.8. The third kappa shape index (κ3) is 6.21. The van der Waals surface area contributed by atoms with E-state index in [0.717, 1.165) is 29.0 Å². The number of nitrogens with zero attached hydrogens (tertiary/aromatic N) is 2. The molecular formula is C20H23N3O5S. The van der Waals surface area contributed by atoms with Gasteiger partial charge in [0, 0.05) is 11.6 Å². The van der Waals surface area contributed by atoms with Crippen molar-refractivity contribution in [2.24, 2.45) is 10.2 Å². The number of carbonyl (C=O) groups is 2. The minimum absolute atomic E-state index is 0.193. The number of thioether (sulfide) groups is 1. The Hall–Kier alpha value is -3.07. The number of amides is 1. The van der Waals surface area contributed by atoms with Crippen LogP contribution in [0.2, 0.25) is 0 Å². The van der Waals surface area contributed by atoms with Crippen LogP contribution < -0.4 is 14.8 Å². The molecule has 1 aliphatic heterocycles. The Morgan fingerprint density at radius 1 is 1.28 bits per heavy atom. The van der Waals surface area contributed by atoms with Crippen molar-refractivity contribution in [2.45, 2.75) is 20.3 Å². The fourth-order valence-corrected chi connectivity index (χ4v) is 3.16. The van der Waals surface area contributed by atoms with Gasteiger partial charge in [-0.2, -0.15) is 5.10 Å². The number of methoxy groups -OCH3 is 1. The van der Waals surface area contributed by atoms with E-state index in [1.165, 1.54) is 7.11 Å². The van der Waals surface area contributed by atoms with Gasteiger partial charge in [0.25, 0.3) is 5.91 Å². The third-order valence-electron chi connectivity index (χ3n) is 3.56. The highest BCUT2D eigenvalue weighted by atomic mass is 32.2. The number of esters is 1. The molecule has 29 heavy (non-hydrogen) atoms. The van der Waals surface area contributed by atoms with Gasteiger partial charge in [0.05, 0.1) is 31.4 Å². The lowest BCUT2D eigenvalue weighted by Crippen LogP contribution is -2.19. The number of allylic oxidation sites excluding steroid dienone is 1. The average Bonchev–Trinajstić information content (AvgIpc) is 3.04. The first kappa shape index (κ1) is 22.2. The third-order valence-corrected chi connectivity index (χ3v) is 4.46. The quantitative estimate of drug-likeness (QED) is 0.218. The van der Waals surface area contributed by atoms with Crippen LogP contribution in [0.3, 0.4) is 0 Å². The van der Waals surface area contributed by atoms with Crippen LogP contribution in [0.5, 0.6) is 11.5 Å². The molecule has 1 aliphatic rings. The number of hydrogen-bond donors (Lipinski definition) is 1. The molecule has 9 heteroatoms. The van der Waals surface area contributed by atoms with Crippen LogP contribution in [0.25, 0.3) is 0 Å². The molecule has 1 heterocycles. The molecule has 1 aromatic carbocycles. The number of amidine groups is 1. The van der Waals surface area contributed by atoms with Gasteiger partial charge in [-0.25, -0.2) is 4.79 Å². The summed E-state index contributed by atoms with van der Waals surface area (Å²) in [6.45, 7) is 8.61. The topological polar surface area (TPSA) is 98.6 Å². The minimum Gasteiger partial charge on any atom is -0.490 e. The number of ether oxygens (including phenoxy) is 3. The van der Waals surface area contributed by atoms with Gasteiger partial charge in [-0.15, -0.1) is 11.7 Å². The van der Waals surface area contributed by atoms with E-state index >= 15 is 0 Å². The molecule has 1 amide bonds. The van der Waals surface area contributed by atoms with E-state index in [-0.39, 0.29) is 10.1 Å². The number of benzene rings is 1. The lowest BCUT2D eigenvalue weighted by atomic mass is 10.1. The van der Waals surface area contributed by atoms with Gasteiger partial charge in [-0.1, -0.05) is 6.08 Å². The molecule has 8 nitrogen and oxygen atoms in total. The standard InChI is InChI=1S/C20H23N3O5S/c1-5-8-14-9-13(10-15(27-6-2)18(14)28-7-3)12-21-23-20-22-19(25)16(29-20)11-17(24)26-4/h5,9-12H,1,6-8H2,2-4H3,(H,22,23,25)/b16-11+,21-12?. The van der Waals surface area contributed by atoms with Gasteiger partial charge in [-0.05, 0) is 49.7 Å². The SMILES string of the molecule is C=CCc1cc(C=N/N=C2/NC(=O)/C(=C\C(=O)OC)S2)cc(OCC)c1OCC. The van der Waals surface area contributed by atoms with Crippen LogP contribution in [0, 0.1) is 0 Å². The van der Waals surface area contributed by atoms with E-state index in [1.54, 1.807) is 12.3 Å². The Morgan fingerprint density at radius 3 is 2.69 bits per heavy atom. The fraction of sp³-hybridized carbons (Fsp3) is 0.300. The highest BCUT2D eigenvalue weighted by Gasteiger charge is 2.25. The average molecular weight is 417 g/mol. The number of nitrogens with one attached hydrogen (secondary N) is 1. The summed E-state index contributed by atoms with van der Waals surface area (Å²) in [6.07, 6.45) is 5.05. The van der Waals surface area contributed by atoms with Gasteiger partial charge in [0.2, 0.25) is 0 Å². The second-order valence-corrected chi connectivity index (χ2v) is 6.63. The van der Waals surface area contributed by atoms with Crippen molar-refractivity contribution in [1.82, 2.24) is 5.32 Å². The first-order valence-electron chi connectivity index (χ1n) is 8.95. The van der Waals surface area contributed by atoms with Gasteiger partial charge in [0.15, 0.2) is 16.7 Å². The lowest BCUT2D eigenvalue weighted by Gasteiger charge is -2.15. The Labute approximate surface area is 173 Å². The summed E-state index contributed by atoms with van der Waals surface area (Å²) in [6, 6.07) is 3.73. The van der Waals surface area contributed by atoms with E-state index in [9.17, 15) is 9.59 Å². The normalized spacial score (nSPS) is 16.3. The number of rotatable bonds is 9. The monoisotopic (exact) mass is 417 g/mol. The molecule has 0 aliphatic carbocycles. The van der Waals surface area contributed by atoms with Crippen LogP contribution in [-0.2, 0) is 20.7 Å². The molecule has 2 rings (SSSR count). The summed E-state index contributed by atoms with van der Waals surface area (Å²) in [7, 11) is 1.24.